The van der Waals surface area contributed by atoms with Crippen LogP contribution in [-0.2, 0) is 13.0 Å². The molecular weight excluding hydrogens is 368 g/mol. The average molecular weight is 398 g/mol. The zero-order valence-electron chi connectivity index (χ0n) is 16.8. The number of pyridine rings is 1. The van der Waals surface area contributed by atoms with Gasteiger partial charge < -0.3 is 15.3 Å². The summed E-state index contributed by atoms with van der Waals surface area (Å²) in [6.07, 6.45) is 10.2. The molecule has 1 aliphatic heterocycles. The molecule has 1 atom stereocenters. The minimum absolute atomic E-state index is 0.191. The van der Waals surface area contributed by atoms with Gasteiger partial charge in [-0.3, -0.25) is 5.21 Å². The van der Waals surface area contributed by atoms with E-state index in [2.05, 4.69) is 22.2 Å². The van der Waals surface area contributed by atoms with Gasteiger partial charge in [0.25, 0.3) is 0 Å². The maximum absolute atomic E-state index is 9.65. The van der Waals surface area contributed by atoms with Crippen LogP contribution in [0.25, 0.3) is 5.65 Å². The van der Waals surface area contributed by atoms with Gasteiger partial charge in [0.05, 0.1) is 6.20 Å². The lowest BCUT2D eigenvalue weighted by atomic mass is 9.99. The third kappa shape index (κ3) is 4.12. The molecular formula is C21H29N6O2+. The fourth-order valence-corrected chi connectivity index (χ4v) is 4.08. The third-order valence-corrected chi connectivity index (χ3v) is 5.62. The molecule has 1 saturated heterocycles. The summed E-state index contributed by atoms with van der Waals surface area (Å²) < 4.78 is 2.91. The van der Waals surface area contributed by atoms with E-state index in [4.69, 9.17) is 4.98 Å². The van der Waals surface area contributed by atoms with Crippen LogP contribution in [0.4, 0.5) is 11.6 Å². The normalized spacial score (nSPS) is 17.0. The maximum Gasteiger partial charge on any atom is 0.227 e. The fraction of sp³-hybridized carbons (Fsp3) is 0.476. The minimum atomic E-state index is 0.191. The second-order valence-corrected chi connectivity index (χ2v) is 7.56. The van der Waals surface area contributed by atoms with Crippen molar-refractivity contribution in [3.8, 4) is 0 Å². The van der Waals surface area contributed by atoms with E-state index in [1.807, 2.05) is 22.8 Å². The number of hydrogen-bond acceptors (Lipinski definition) is 6. The summed E-state index contributed by atoms with van der Waals surface area (Å²) in [6.45, 7) is 3.81. The van der Waals surface area contributed by atoms with Gasteiger partial charge in [-0.1, -0.05) is 6.92 Å². The van der Waals surface area contributed by atoms with Crippen LogP contribution in [0, 0.1) is 0 Å². The van der Waals surface area contributed by atoms with Crippen LogP contribution in [0.2, 0.25) is 0 Å². The second kappa shape index (κ2) is 8.65. The minimum Gasteiger partial charge on any atom is -0.396 e. The summed E-state index contributed by atoms with van der Waals surface area (Å²) in [6, 6.07) is 6.13. The van der Waals surface area contributed by atoms with Crippen molar-refractivity contribution in [2.45, 2.75) is 51.6 Å². The highest BCUT2D eigenvalue weighted by Gasteiger charge is 2.24. The van der Waals surface area contributed by atoms with E-state index >= 15 is 0 Å². The number of fused-ring (bicyclic) bond motifs is 1. The molecule has 0 saturated carbocycles. The second-order valence-electron chi connectivity index (χ2n) is 7.56. The Morgan fingerprint density at radius 1 is 1.34 bits per heavy atom. The van der Waals surface area contributed by atoms with Gasteiger partial charge in [-0.2, -0.15) is 9.61 Å². The SMILES string of the molecule is CCc1cnn2c(NCc3ccc[n+](O)c3)cc(N3CCCC[C@@H]3CCO)nc12. The number of aliphatic hydroxyl groups excluding tert-OH is 1. The largest absolute Gasteiger partial charge is 0.396 e. The molecule has 0 unspecified atom stereocenters. The van der Waals surface area contributed by atoms with Crippen LogP contribution in [0.1, 0.15) is 43.7 Å². The standard InChI is InChI=1S/C21H29N6O2/c1-2-17-14-23-27-19(22-13-16-6-5-9-25(29)15-16)12-20(24-21(17)27)26-10-4-3-7-18(26)8-11-28/h5-6,9,12,14-15,18,22,28-29H,2-4,7-8,10-11,13H2,1H3/q+1/t18-/m1/s1. The molecule has 1 aliphatic rings. The summed E-state index contributed by atoms with van der Waals surface area (Å²) in [5.41, 5.74) is 2.94. The molecule has 0 aliphatic carbocycles. The molecule has 154 valence electrons. The molecule has 4 rings (SSSR count). The number of aromatic nitrogens is 4. The van der Waals surface area contributed by atoms with Crippen LogP contribution in [0.3, 0.4) is 0 Å². The van der Waals surface area contributed by atoms with Crippen LogP contribution < -0.4 is 14.9 Å². The third-order valence-electron chi connectivity index (χ3n) is 5.62. The quantitative estimate of drug-likeness (QED) is 0.418. The molecule has 0 amide bonds. The van der Waals surface area contributed by atoms with E-state index in [1.165, 1.54) is 6.42 Å². The summed E-state index contributed by atoms with van der Waals surface area (Å²) in [5, 5.41) is 27.1. The zero-order chi connectivity index (χ0) is 20.2. The Labute approximate surface area is 170 Å². The molecule has 8 heteroatoms. The van der Waals surface area contributed by atoms with Crippen LogP contribution in [-0.4, -0.2) is 44.1 Å². The lowest BCUT2D eigenvalue weighted by Crippen LogP contribution is -2.40. The number of nitrogens with zero attached hydrogens (tertiary/aromatic N) is 5. The van der Waals surface area contributed by atoms with Gasteiger partial charge in [0.2, 0.25) is 12.4 Å². The van der Waals surface area contributed by atoms with Crippen LogP contribution in [0.5, 0.6) is 0 Å². The van der Waals surface area contributed by atoms with Crippen molar-refractivity contribution in [3.05, 3.63) is 47.9 Å². The van der Waals surface area contributed by atoms with Gasteiger partial charge in [0.15, 0.2) is 5.65 Å². The summed E-state index contributed by atoms with van der Waals surface area (Å²) in [5.74, 6) is 1.80. The van der Waals surface area contributed by atoms with Crippen molar-refractivity contribution in [3.63, 3.8) is 0 Å². The van der Waals surface area contributed by atoms with E-state index in [-0.39, 0.29) is 6.61 Å². The molecule has 3 N–H and O–H groups in total. The van der Waals surface area contributed by atoms with Crippen molar-refractivity contribution in [1.29, 1.82) is 0 Å². The smallest absolute Gasteiger partial charge is 0.227 e. The molecule has 0 radical (unpaired) electrons. The molecule has 3 aromatic heterocycles. The molecule has 0 bridgehead atoms. The van der Waals surface area contributed by atoms with E-state index in [0.717, 1.165) is 65.4 Å². The Morgan fingerprint density at radius 2 is 2.24 bits per heavy atom. The van der Waals surface area contributed by atoms with Gasteiger partial charge in [-0.25, -0.2) is 4.98 Å². The van der Waals surface area contributed by atoms with Crippen molar-refractivity contribution in [1.82, 2.24) is 14.6 Å². The molecule has 4 heterocycles. The first-order valence-corrected chi connectivity index (χ1v) is 10.4. The first kappa shape index (κ1) is 19.4. The van der Waals surface area contributed by atoms with Crippen LogP contribution in [0.15, 0.2) is 36.8 Å². The zero-order valence-corrected chi connectivity index (χ0v) is 16.8. The van der Waals surface area contributed by atoms with Crippen LogP contribution >= 0.6 is 0 Å². The lowest BCUT2D eigenvalue weighted by molar-refractivity contribution is -0.905. The van der Waals surface area contributed by atoms with E-state index in [9.17, 15) is 10.3 Å². The first-order chi connectivity index (χ1) is 14.2. The summed E-state index contributed by atoms with van der Waals surface area (Å²) in [4.78, 5) is 7.29. The predicted molar refractivity (Wildman–Crippen MR) is 110 cm³/mol. The first-order valence-electron chi connectivity index (χ1n) is 10.4. The summed E-state index contributed by atoms with van der Waals surface area (Å²) in [7, 11) is 0. The monoisotopic (exact) mass is 397 g/mol. The van der Waals surface area contributed by atoms with Gasteiger partial charge in [-0.05, 0) is 38.2 Å². The average Bonchev–Trinajstić information content (AvgIpc) is 3.16. The van der Waals surface area contributed by atoms with Crippen molar-refractivity contribution in [2.24, 2.45) is 0 Å². The molecule has 29 heavy (non-hydrogen) atoms. The number of aryl methyl sites for hydroxylation is 1. The molecule has 8 nitrogen and oxygen atoms in total. The number of rotatable bonds is 7. The lowest BCUT2D eigenvalue weighted by Gasteiger charge is -2.36. The van der Waals surface area contributed by atoms with Crippen molar-refractivity contribution in [2.75, 3.05) is 23.4 Å². The highest BCUT2D eigenvalue weighted by Crippen LogP contribution is 2.28. The molecule has 3 aromatic rings. The summed E-state index contributed by atoms with van der Waals surface area (Å²) >= 11 is 0. The highest BCUT2D eigenvalue weighted by molar-refractivity contribution is 5.61. The van der Waals surface area contributed by atoms with E-state index in [0.29, 0.717) is 12.6 Å². The molecule has 1 fully saturated rings. The van der Waals surface area contributed by atoms with Crippen molar-refractivity contribution >= 4 is 17.3 Å². The Hall–Kier alpha value is -2.87. The predicted octanol–water partition coefficient (Wildman–Crippen LogP) is 2.17. The number of hydrogen-bond donors (Lipinski definition) is 3. The Kier molecular flexibility index (Phi) is 5.80. The molecule has 0 spiro atoms. The fourth-order valence-electron chi connectivity index (χ4n) is 4.08. The highest BCUT2D eigenvalue weighted by atomic mass is 16.5. The maximum atomic E-state index is 9.65. The topological polar surface area (TPSA) is 89.8 Å². The Bertz CT molecular complexity index is 971. The number of piperidine rings is 1. The van der Waals surface area contributed by atoms with Gasteiger partial charge in [0, 0.05) is 53.7 Å². The number of anilines is 2. The van der Waals surface area contributed by atoms with Gasteiger partial charge >= 0.3 is 0 Å². The van der Waals surface area contributed by atoms with Gasteiger partial charge in [-0.15, -0.1) is 0 Å². The Morgan fingerprint density at radius 3 is 3.03 bits per heavy atom. The molecule has 0 aromatic carbocycles. The number of nitrogens with one attached hydrogen (secondary N) is 1. The van der Waals surface area contributed by atoms with E-state index < -0.39 is 0 Å². The van der Waals surface area contributed by atoms with Crippen molar-refractivity contribution < 1.29 is 15.0 Å². The number of aliphatic hydroxyl groups is 1. The van der Waals surface area contributed by atoms with E-state index in [1.54, 1.807) is 18.5 Å². The Balaban J connectivity index is 1.69. The van der Waals surface area contributed by atoms with Gasteiger partial charge in [0.1, 0.15) is 11.6 Å².